The Morgan fingerprint density at radius 2 is 1.71 bits per heavy atom. The molecule has 0 aliphatic carbocycles. The molecule has 28 heavy (non-hydrogen) atoms. The second kappa shape index (κ2) is 8.08. The van der Waals surface area contributed by atoms with E-state index in [-0.39, 0.29) is 30.2 Å². The zero-order valence-electron chi connectivity index (χ0n) is 16.2. The molecular formula is C22H23N3O3. The van der Waals surface area contributed by atoms with Crippen molar-refractivity contribution in [3.63, 3.8) is 0 Å². The molecule has 6 heteroatoms. The SMILES string of the molecule is CC(=O)N1C=Cc2ccccc2[C@H]1CC(=O)Nc1ccc(C(=O)N(C)C)cc1. The summed E-state index contributed by atoms with van der Waals surface area (Å²) in [4.78, 5) is 39.7. The van der Waals surface area contributed by atoms with Crippen LogP contribution in [0.1, 0.15) is 40.9 Å². The van der Waals surface area contributed by atoms with Crippen molar-refractivity contribution >= 4 is 29.5 Å². The van der Waals surface area contributed by atoms with Gasteiger partial charge in [0.2, 0.25) is 11.8 Å². The summed E-state index contributed by atoms with van der Waals surface area (Å²) in [5.41, 5.74) is 3.11. The molecule has 1 heterocycles. The number of nitrogens with one attached hydrogen (secondary N) is 1. The number of fused-ring (bicyclic) bond motifs is 1. The monoisotopic (exact) mass is 377 g/mol. The Hall–Kier alpha value is -3.41. The van der Waals surface area contributed by atoms with E-state index in [1.165, 1.54) is 11.8 Å². The molecule has 0 saturated heterocycles. The van der Waals surface area contributed by atoms with Gasteiger partial charge in [0.1, 0.15) is 0 Å². The van der Waals surface area contributed by atoms with Crippen LogP contribution in [0.25, 0.3) is 6.08 Å². The number of amides is 3. The molecule has 1 aliphatic rings. The fourth-order valence-electron chi connectivity index (χ4n) is 3.26. The molecule has 0 aromatic heterocycles. The first-order chi connectivity index (χ1) is 13.4. The number of carbonyl (C=O) groups excluding carboxylic acids is 3. The molecule has 0 bridgehead atoms. The van der Waals surface area contributed by atoms with Crippen molar-refractivity contribution in [2.75, 3.05) is 19.4 Å². The molecule has 144 valence electrons. The van der Waals surface area contributed by atoms with Crippen molar-refractivity contribution in [3.8, 4) is 0 Å². The number of benzene rings is 2. The standard InChI is InChI=1S/C22H23N3O3/c1-15(26)25-13-12-16-6-4-5-7-19(16)20(25)14-21(27)23-18-10-8-17(9-11-18)22(28)24(2)3/h4-13,20H,14H2,1-3H3,(H,23,27)/t20-/m1/s1. The Bertz CT molecular complexity index is 932. The molecule has 2 aromatic rings. The van der Waals surface area contributed by atoms with E-state index in [2.05, 4.69) is 5.32 Å². The number of carbonyl (C=O) groups is 3. The number of hydrogen-bond acceptors (Lipinski definition) is 3. The fourth-order valence-corrected chi connectivity index (χ4v) is 3.26. The summed E-state index contributed by atoms with van der Waals surface area (Å²) in [6.45, 7) is 1.49. The van der Waals surface area contributed by atoms with Gasteiger partial charge in [0, 0.05) is 38.5 Å². The van der Waals surface area contributed by atoms with Crippen molar-refractivity contribution in [1.82, 2.24) is 9.80 Å². The zero-order chi connectivity index (χ0) is 20.3. The van der Waals surface area contributed by atoms with E-state index in [9.17, 15) is 14.4 Å². The molecule has 2 aromatic carbocycles. The van der Waals surface area contributed by atoms with Crippen LogP contribution in [-0.4, -0.2) is 41.6 Å². The lowest BCUT2D eigenvalue weighted by molar-refractivity contribution is -0.129. The van der Waals surface area contributed by atoms with Gasteiger partial charge in [0.15, 0.2) is 0 Å². The summed E-state index contributed by atoms with van der Waals surface area (Å²) in [6, 6.07) is 14.1. The highest BCUT2D eigenvalue weighted by atomic mass is 16.2. The second-order valence-corrected chi connectivity index (χ2v) is 6.92. The average Bonchev–Trinajstić information content (AvgIpc) is 2.68. The molecule has 3 amide bonds. The Labute approximate surface area is 164 Å². The smallest absolute Gasteiger partial charge is 0.253 e. The lowest BCUT2D eigenvalue weighted by Crippen LogP contribution is -2.33. The van der Waals surface area contributed by atoms with Gasteiger partial charge in [-0.25, -0.2) is 0 Å². The lowest BCUT2D eigenvalue weighted by atomic mass is 9.93. The third-order valence-electron chi connectivity index (χ3n) is 4.67. The van der Waals surface area contributed by atoms with Crippen LogP contribution in [0.15, 0.2) is 54.7 Å². The minimum Gasteiger partial charge on any atom is -0.345 e. The van der Waals surface area contributed by atoms with Crippen LogP contribution >= 0.6 is 0 Å². The van der Waals surface area contributed by atoms with Crippen LogP contribution in [0.2, 0.25) is 0 Å². The highest BCUT2D eigenvalue weighted by Gasteiger charge is 2.28. The van der Waals surface area contributed by atoms with Gasteiger partial charge in [-0.2, -0.15) is 0 Å². The van der Waals surface area contributed by atoms with Gasteiger partial charge < -0.3 is 15.1 Å². The van der Waals surface area contributed by atoms with Gasteiger partial charge in [-0.15, -0.1) is 0 Å². The minimum atomic E-state index is -0.353. The van der Waals surface area contributed by atoms with E-state index in [0.717, 1.165) is 11.1 Å². The molecule has 1 atom stereocenters. The van der Waals surface area contributed by atoms with Crippen molar-refractivity contribution in [1.29, 1.82) is 0 Å². The maximum Gasteiger partial charge on any atom is 0.253 e. The van der Waals surface area contributed by atoms with Crippen LogP contribution in [-0.2, 0) is 9.59 Å². The summed E-state index contributed by atoms with van der Waals surface area (Å²) < 4.78 is 0. The zero-order valence-corrected chi connectivity index (χ0v) is 16.2. The maximum atomic E-state index is 12.6. The van der Waals surface area contributed by atoms with Crippen molar-refractivity contribution in [3.05, 3.63) is 71.4 Å². The first-order valence-electron chi connectivity index (χ1n) is 9.04. The summed E-state index contributed by atoms with van der Waals surface area (Å²) >= 11 is 0. The molecule has 0 radical (unpaired) electrons. The molecule has 1 N–H and O–H groups in total. The van der Waals surface area contributed by atoms with E-state index in [0.29, 0.717) is 11.3 Å². The van der Waals surface area contributed by atoms with Gasteiger partial charge >= 0.3 is 0 Å². The predicted molar refractivity (Wildman–Crippen MR) is 108 cm³/mol. The number of rotatable bonds is 4. The largest absolute Gasteiger partial charge is 0.345 e. The summed E-state index contributed by atoms with van der Waals surface area (Å²) in [6.07, 6.45) is 3.75. The normalized spacial score (nSPS) is 15.0. The molecule has 0 fully saturated rings. The van der Waals surface area contributed by atoms with Gasteiger partial charge in [-0.3, -0.25) is 14.4 Å². The molecule has 0 unspecified atom stereocenters. The predicted octanol–water partition coefficient (Wildman–Crippen LogP) is 3.29. The van der Waals surface area contributed by atoms with E-state index < -0.39 is 0 Å². The minimum absolute atomic E-state index is 0.0967. The fraction of sp³-hybridized carbons (Fsp3) is 0.227. The number of hydrogen-bond donors (Lipinski definition) is 1. The summed E-state index contributed by atoms with van der Waals surface area (Å²) in [5.74, 6) is -0.413. The highest BCUT2D eigenvalue weighted by Crippen LogP contribution is 2.33. The van der Waals surface area contributed by atoms with Crippen LogP contribution in [0.5, 0.6) is 0 Å². The Kier molecular flexibility index (Phi) is 5.59. The van der Waals surface area contributed by atoms with Gasteiger partial charge in [0.05, 0.1) is 12.5 Å². The van der Waals surface area contributed by atoms with E-state index in [1.54, 1.807) is 49.5 Å². The number of nitrogens with zero attached hydrogens (tertiary/aromatic N) is 2. The Morgan fingerprint density at radius 1 is 1.04 bits per heavy atom. The topological polar surface area (TPSA) is 69.7 Å². The lowest BCUT2D eigenvalue weighted by Gasteiger charge is -2.32. The summed E-state index contributed by atoms with van der Waals surface area (Å²) in [5, 5.41) is 2.85. The van der Waals surface area contributed by atoms with Crippen LogP contribution in [0.4, 0.5) is 5.69 Å². The van der Waals surface area contributed by atoms with Crippen molar-refractivity contribution < 1.29 is 14.4 Å². The second-order valence-electron chi connectivity index (χ2n) is 6.92. The van der Waals surface area contributed by atoms with Crippen LogP contribution in [0.3, 0.4) is 0 Å². The maximum absolute atomic E-state index is 12.6. The molecule has 3 rings (SSSR count). The molecule has 6 nitrogen and oxygen atoms in total. The van der Waals surface area contributed by atoms with Crippen molar-refractivity contribution in [2.24, 2.45) is 0 Å². The Morgan fingerprint density at radius 3 is 2.36 bits per heavy atom. The van der Waals surface area contributed by atoms with E-state index in [1.807, 2.05) is 30.3 Å². The average molecular weight is 377 g/mol. The molecule has 1 aliphatic heterocycles. The number of anilines is 1. The first-order valence-corrected chi connectivity index (χ1v) is 9.04. The van der Waals surface area contributed by atoms with Crippen LogP contribution in [0, 0.1) is 0 Å². The third kappa shape index (κ3) is 4.11. The molecule has 0 spiro atoms. The first kappa shape index (κ1) is 19.4. The van der Waals surface area contributed by atoms with E-state index >= 15 is 0 Å². The quantitative estimate of drug-likeness (QED) is 0.889. The molecule has 0 saturated carbocycles. The van der Waals surface area contributed by atoms with E-state index in [4.69, 9.17) is 0 Å². The van der Waals surface area contributed by atoms with Gasteiger partial charge in [-0.05, 0) is 41.5 Å². The summed E-state index contributed by atoms with van der Waals surface area (Å²) in [7, 11) is 3.38. The van der Waals surface area contributed by atoms with Gasteiger partial charge in [-0.1, -0.05) is 24.3 Å². The Balaban J connectivity index is 1.73. The highest BCUT2D eigenvalue weighted by molar-refractivity contribution is 5.96. The van der Waals surface area contributed by atoms with Gasteiger partial charge in [0.25, 0.3) is 5.91 Å². The van der Waals surface area contributed by atoms with Crippen molar-refractivity contribution in [2.45, 2.75) is 19.4 Å². The van der Waals surface area contributed by atoms with Crippen LogP contribution < -0.4 is 5.32 Å². The molecular weight excluding hydrogens is 354 g/mol. The third-order valence-corrected chi connectivity index (χ3v) is 4.67.